The van der Waals surface area contributed by atoms with Crippen LogP contribution >= 0.6 is 0 Å². The van der Waals surface area contributed by atoms with E-state index in [2.05, 4.69) is 10.1 Å². The van der Waals surface area contributed by atoms with Gasteiger partial charge in [-0.3, -0.25) is 14.4 Å². The fourth-order valence-corrected chi connectivity index (χ4v) is 3.11. The first-order valence-corrected chi connectivity index (χ1v) is 8.20. The van der Waals surface area contributed by atoms with E-state index in [0.717, 1.165) is 8.61 Å². The number of carboxylic acids is 1. The highest BCUT2D eigenvalue weighted by Crippen LogP contribution is 2.12. The van der Waals surface area contributed by atoms with Crippen molar-refractivity contribution in [1.82, 2.24) is 13.9 Å². The Morgan fingerprint density at radius 3 is 2.26 bits per heavy atom. The molecule has 23 heavy (non-hydrogen) atoms. The van der Waals surface area contributed by atoms with Gasteiger partial charge in [0.1, 0.15) is 6.04 Å². The van der Waals surface area contributed by atoms with Crippen molar-refractivity contribution in [2.75, 3.05) is 33.8 Å². The number of nitrogens with one attached hydrogen (secondary N) is 1. The zero-order valence-electron chi connectivity index (χ0n) is 13.6. The van der Waals surface area contributed by atoms with Gasteiger partial charge in [0, 0.05) is 33.6 Å². The highest BCUT2D eigenvalue weighted by molar-refractivity contribution is 7.86. The summed E-state index contributed by atoms with van der Waals surface area (Å²) in [7, 11) is -1.70. The van der Waals surface area contributed by atoms with E-state index in [1.54, 1.807) is 0 Å². The molecule has 11 heteroatoms. The molecule has 0 aliphatic carbocycles. The summed E-state index contributed by atoms with van der Waals surface area (Å²) >= 11 is 0. The number of nitrogens with zero attached hydrogens (tertiary/aromatic N) is 2. The predicted molar refractivity (Wildman–Crippen MR) is 80.7 cm³/mol. The second-order valence-electron chi connectivity index (χ2n) is 4.76. The average molecular weight is 353 g/mol. The molecule has 134 valence electrons. The van der Waals surface area contributed by atoms with Crippen LogP contribution in [0.5, 0.6) is 0 Å². The molecule has 0 fully saturated rings. The third-order valence-corrected chi connectivity index (χ3v) is 5.11. The molecular formula is C12H23N3O7S. The molecule has 0 aromatic carbocycles. The molecule has 0 radical (unpaired) electrons. The molecular weight excluding hydrogens is 330 g/mol. The number of hydrogen-bond donors (Lipinski definition) is 2. The van der Waals surface area contributed by atoms with Crippen LogP contribution in [-0.4, -0.2) is 79.8 Å². The second-order valence-corrected chi connectivity index (χ2v) is 6.75. The second kappa shape index (κ2) is 9.43. The molecule has 0 rings (SSSR count). The number of rotatable bonds is 10. The average Bonchev–Trinajstić information content (AvgIpc) is 2.47. The van der Waals surface area contributed by atoms with Gasteiger partial charge in [0.15, 0.2) is 0 Å². The molecule has 1 amide bonds. The summed E-state index contributed by atoms with van der Waals surface area (Å²) in [5, 5.41) is 11.5. The van der Waals surface area contributed by atoms with Crippen LogP contribution in [0.25, 0.3) is 0 Å². The lowest BCUT2D eigenvalue weighted by atomic mass is 10.3. The van der Waals surface area contributed by atoms with Crippen molar-refractivity contribution in [3.8, 4) is 0 Å². The van der Waals surface area contributed by atoms with Gasteiger partial charge in [0.25, 0.3) is 10.2 Å². The van der Waals surface area contributed by atoms with Crippen molar-refractivity contribution >= 4 is 28.1 Å². The van der Waals surface area contributed by atoms with Crippen LogP contribution < -0.4 is 5.32 Å². The molecule has 2 N–H and O–H groups in total. The van der Waals surface area contributed by atoms with Gasteiger partial charge in [0.2, 0.25) is 5.91 Å². The highest BCUT2D eigenvalue weighted by atomic mass is 32.2. The Morgan fingerprint density at radius 1 is 1.26 bits per heavy atom. The Labute approximate surface area is 135 Å². The maximum absolute atomic E-state index is 12.5. The van der Waals surface area contributed by atoms with E-state index in [9.17, 15) is 22.8 Å². The number of methoxy groups -OCH3 is 1. The predicted octanol–water partition coefficient (Wildman–Crippen LogP) is -1.36. The van der Waals surface area contributed by atoms with Crippen molar-refractivity contribution in [2.45, 2.75) is 26.3 Å². The standard InChI is InChI=1S/C12H23N3O7S/c1-9(12(18)19)15(8-6-13-10(2)16)23(20,21)14(3)7-5-11(17)22-4/h9H,5-8H2,1-4H3,(H,13,16)(H,18,19). The van der Waals surface area contributed by atoms with Crippen LogP contribution in [0, 0.1) is 0 Å². The number of aliphatic carboxylic acids is 1. The van der Waals surface area contributed by atoms with Gasteiger partial charge in [-0.15, -0.1) is 0 Å². The lowest BCUT2D eigenvalue weighted by Crippen LogP contribution is -2.51. The highest BCUT2D eigenvalue weighted by Gasteiger charge is 2.34. The molecule has 1 atom stereocenters. The Hall–Kier alpha value is -1.72. The maximum atomic E-state index is 12.5. The molecule has 0 aromatic heterocycles. The third-order valence-electron chi connectivity index (χ3n) is 3.04. The summed E-state index contributed by atoms with van der Waals surface area (Å²) in [6.45, 7) is 2.09. The summed E-state index contributed by atoms with van der Waals surface area (Å²) in [6, 6.07) is -1.32. The number of amides is 1. The van der Waals surface area contributed by atoms with Crippen molar-refractivity contribution in [3.05, 3.63) is 0 Å². The Morgan fingerprint density at radius 2 is 1.83 bits per heavy atom. The lowest BCUT2D eigenvalue weighted by molar-refractivity contribution is -0.142. The van der Waals surface area contributed by atoms with Gasteiger partial charge >= 0.3 is 11.9 Å². The summed E-state index contributed by atoms with van der Waals surface area (Å²) in [6.07, 6.45) is -0.160. The lowest BCUT2D eigenvalue weighted by Gasteiger charge is -2.30. The molecule has 0 spiro atoms. The van der Waals surface area contributed by atoms with Crippen LogP contribution in [-0.2, 0) is 29.3 Å². The minimum absolute atomic E-state index is 0.0307. The Bertz CT molecular complexity index is 535. The number of carbonyl (C=O) groups excluding carboxylic acids is 2. The largest absolute Gasteiger partial charge is 0.480 e. The SMILES string of the molecule is COC(=O)CCN(C)S(=O)(=O)N(CCNC(C)=O)C(C)C(=O)O. The van der Waals surface area contributed by atoms with E-state index in [-0.39, 0.29) is 32.0 Å². The monoisotopic (exact) mass is 353 g/mol. The molecule has 0 heterocycles. The van der Waals surface area contributed by atoms with Crippen molar-refractivity contribution in [3.63, 3.8) is 0 Å². The van der Waals surface area contributed by atoms with E-state index in [0.29, 0.717) is 0 Å². The topological polar surface area (TPSA) is 133 Å². The van der Waals surface area contributed by atoms with Gasteiger partial charge in [-0.1, -0.05) is 0 Å². The van der Waals surface area contributed by atoms with Gasteiger partial charge in [-0.2, -0.15) is 17.0 Å². The fourth-order valence-electron chi connectivity index (χ4n) is 1.62. The zero-order valence-corrected chi connectivity index (χ0v) is 14.4. The molecule has 1 unspecified atom stereocenters. The molecule has 0 aliphatic rings. The summed E-state index contributed by atoms with van der Waals surface area (Å²) in [5.41, 5.74) is 0. The maximum Gasteiger partial charge on any atom is 0.321 e. The van der Waals surface area contributed by atoms with Crippen molar-refractivity contribution < 1.29 is 32.6 Å². The molecule has 0 aromatic rings. The van der Waals surface area contributed by atoms with Crippen LogP contribution in [0.1, 0.15) is 20.3 Å². The number of carbonyl (C=O) groups is 3. The van der Waals surface area contributed by atoms with Crippen LogP contribution in [0.3, 0.4) is 0 Å². The molecule has 0 aliphatic heterocycles. The van der Waals surface area contributed by atoms with E-state index >= 15 is 0 Å². The number of carboxylic acid groups (broad SMARTS) is 1. The van der Waals surface area contributed by atoms with E-state index in [1.807, 2.05) is 0 Å². The quantitative estimate of drug-likeness (QED) is 0.463. The fraction of sp³-hybridized carbons (Fsp3) is 0.750. The van der Waals surface area contributed by atoms with E-state index in [1.165, 1.54) is 28.0 Å². The van der Waals surface area contributed by atoms with Crippen LogP contribution in [0.15, 0.2) is 0 Å². The van der Waals surface area contributed by atoms with Crippen LogP contribution in [0.2, 0.25) is 0 Å². The smallest absolute Gasteiger partial charge is 0.321 e. The summed E-state index contributed by atoms with van der Waals surface area (Å²) in [4.78, 5) is 33.1. The first kappa shape index (κ1) is 21.3. The number of esters is 1. The summed E-state index contributed by atoms with van der Waals surface area (Å²) in [5.74, 6) is -2.26. The van der Waals surface area contributed by atoms with E-state index < -0.39 is 28.2 Å². The molecule has 0 bridgehead atoms. The van der Waals surface area contributed by atoms with Gasteiger partial charge in [-0.05, 0) is 6.92 Å². The first-order chi connectivity index (χ1) is 10.5. The van der Waals surface area contributed by atoms with Gasteiger partial charge in [0.05, 0.1) is 13.5 Å². The van der Waals surface area contributed by atoms with Crippen LogP contribution in [0.4, 0.5) is 0 Å². The van der Waals surface area contributed by atoms with Gasteiger partial charge < -0.3 is 15.2 Å². The van der Waals surface area contributed by atoms with E-state index in [4.69, 9.17) is 5.11 Å². The zero-order chi connectivity index (χ0) is 18.2. The molecule has 0 saturated heterocycles. The summed E-state index contributed by atoms with van der Waals surface area (Å²) < 4.78 is 31.0. The molecule has 0 saturated carbocycles. The van der Waals surface area contributed by atoms with Crippen molar-refractivity contribution in [2.24, 2.45) is 0 Å². The number of hydrogen-bond acceptors (Lipinski definition) is 6. The normalized spacial score (nSPS) is 13.0. The van der Waals surface area contributed by atoms with Crippen molar-refractivity contribution in [1.29, 1.82) is 0 Å². The minimum Gasteiger partial charge on any atom is -0.480 e. The molecule has 10 nitrogen and oxygen atoms in total. The Balaban J connectivity index is 5.12. The minimum atomic E-state index is -4.12. The third kappa shape index (κ3) is 6.93. The number of ether oxygens (including phenoxy) is 1. The Kier molecular flexibility index (Phi) is 8.72. The first-order valence-electron chi connectivity index (χ1n) is 6.81. The van der Waals surface area contributed by atoms with Gasteiger partial charge in [-0.25, -0.2) is 0 Å².